The Bertz CT molecular complexity index is 633. The molecule has 0 bridgehead atoms. The second kappa shape index (κ2) is 9.80. The Labute approximate surface area is 167 Å². The van der Waals surface area contributed by atoms with Crippen LogP contribution in [0.4, 0.5) is 0 Å². The average Bonchev–Trinajstić information content (AvgIpc) is 3.37. The van der Waals surface area contributed by atoms with Gasteiger partial charge in [0.25, 0.3) is 0 Å². The summed E-state index contributed by atoms with van der Waals surface area (Å²) >= 11 is 0. The third-order valence-electron chi connectivity index (χ3n) is 5.90. The number of aryl methyl sites for hydroxylation is 1. The monoisotopic (exact) mass is 393 g/mol. The van der Waals surface area contributed by atoms with Crippen molar-refractivity contribution in [2.24, 2.45) is 11.8 Å². The lowest BCUT2D eigenvalue weighted by Crippen LogP contribution is -2.47. The predicted octanol–water partition coefficient (Wildman–Crippen LogP) is 1.14. The van der Waals surface area contributed by atoms with E-state index in [1.54, 1.807) is 6.20 Å². The minimum atomic E-state index is -0.190. The van der Waals surface area contributed by atoms with Gasteiger partial charge in [-0.1, -0.05) is 12.1 Å². The second-order valence-corrected chi connectivity index (χ2v) is 8.62. The van der Waals surface area contributed by atoms with E-state index in [1.165, 1.54) is 12.8 Å². The molecule has 3 rings (SSSR count). The molecule has 1 N–H and O–H groups in total. The fourth-order valence-electron chi connectivity index (χ4n) is 3.87. The van der Waals surface area contributed by atoms with Crippen molar-refractivity contribution in [3.63, 3.8) is 0 Å². The van der Waals surface area contributed by atoms with Gasteiger partial charge in [0.05, 0.1) is 37.3 Å². The number of carbonyl (C=O) groups excluding carboxylic acids is 1. The highest BCUT2D eigenvalue weighted by Gasteiger charge is 2.29. The van der Waals surface area contributed by atoms with E-state index in [4.69, 9.17) is 4.74 Å². The first-order valence-corrected chi connectivity index (χ1v) is 10.6. The number of hydrogen-bond donors (Lipinski definition) is 1. The molecule has 8 nitrogen and oxygen atoms in total. The van der Waals surface area contributed by atoms with Crippen molar-refractivity contribution < 1.29 is 14.6 Å². The second-order valence-electron chi connectivity index (χ2n) is 8.62. The third-order valence-corrected chi connectivity index (χ3v) is 5.90. The molecule has 1 amide bonds. The van der Waals surface area contributed by atoms with E-state index < -0.39 is 0 Å². The summed E-state index contributed by atoms with van der Waals surface area (Å²) in [5.41, 5.74) is 0.954. The van der Waals surface area contributed by atoms with Gasteiger partial charge in [-0.05, 0) is 39.2 Å². The van der Waals surface area contributed by atoms with E-state index in [1.807, 2.05) is 16.5 Å². The zero-order valence-corrected chi connectivity index (χ0v) is 17.5. The maximum atomic E-state index is 12.8. The standard InChI is InChI=1S/C20H35N5O3/c1-15-10-24(16(2)13-26)20(27)5-4-8-25-18(9-21-22-25)14-28-19(15)12-23(3)11-17-6-7-17/h9,15-17,19,26H,4-8,10-14H2,1-3H3/t15-,16+,19+/m1/s1. The molecular formula is C20H35N5O3. The highest BCUT2D eigenvalue weighted by Crippen LogP contribution is 2.29. The molecule has 2 heterocycles. The number of nitrogens with zero attached hydrogens (tertiary/aromatic N) is 5. The fraction of sp³-hybridized carbons (Fsp3) is 0.850. The van der Waals surface area contributed by atoms with Gasteiger partial charge in [-0.15, -0.1) is 5.10 Å². The molecular weight excluding hydrogens is 358 g/mol. The highest BCUT2D eigenvalue weighted by atomic mass is 16.5. The summed E-state index contributed by atoms with van der Waals surface area (Å²) in [7, 11) is 2.15. The number of hydrogen-bond acceptors (Lipinski definition) is 6. The molecule has 1 aromatic heterocycles. The smallest absolute Gasteiger partial charge is 0.222 e. The van der Waals surface area contributed by atoms with Gasteiger partial charge in [0.15, 0.2) is 0 Å². The molecule has 1 fully saturated rings. The Hall–Kier alpha value is -1.51. The van der Waals surface area contributed by atoms with E-state index in [0.717, 1.165) is 24.7 Å². The third kappa shape index (κ3) is 5.75. The van der Waals surface area contributed by atoms with Gasteiger partial charge in [-0.25, -0.2) is 4.68 Å². The minimum absolute atomic E-state index is 0.00674. The summed E-state index contributed by atoms with van der Waals surface area (Å²) in [5.74, 6) is 1.06. The summed E-state index contributed by atoms with van der Waals surface area (Å²) in [6.45, 7) is 7.66. The lowest BCUT2D eigenvalue weighted by Gasteiger charge is -2.35. The van der Waals surface area contributed by atoms with Gasteiger partial charge in [0, 0.05) is 38.5 Å². The molecule has 158 valence electrons. The SMILES string of the molecule is C[C@@H]1CN([C@@H](C)CO)C(=O)CCCn2nncc2CO[C@H]1CN(C)CC1CC1. The van der Waals surface area contributed by atoms with E-state index in [0.29, 0.717) is 32.5 Å². The molecule has 1 saturated carbocycles. The molecule has 0 saturated heterocycles. The Morgan fingerprint density at radius 2 is 2.18 bits per heavy atom. The van der Waals surface area contributed by atoms with Crippen molar-refractivity contribution in [1.29, 1.82) is 0 Å². The van der Waals surface area contributed by atoms with Gasteiger partial charge in [0.1, 0.15) is 0 Å². The van der Waals surface area contributed by atoms with Crippen LogP contribution in [-0.2, 0) is 22.7 Å². The van der Waals surface area contributed by atoms with Crippen LogP contribution in [0.3, 0.4) is 0 Å². The molecule has 2 aliphatic rings. The first-order chi connectivity index (χ1) is 13.5. The zero-order valence-electron chi connectivity index (χ0n) is 17.5. The Balaban J connectivity index is 1.75. The normalized spacial score (nSPS) is 25.9. The molecule has 0 unspecified atom stereocenters. The van der Waals surface area contributed by atoms with Crippen molar-refractivity contribution >= 4 is 5.91 Å². The van der Waals surface area contributed by atoms with Crippen LogP contribution >= 0.6 is 0 Å². The molecule has 0 radical (unpaired) electrons. The van der Waals surface area contributed by atoms with Crippen LogP contribution in [0.1, 0.15) is 45.2 Å². The van der Waals surface area contributed by atoms with Crippen LogP contribution in [-0.4, -0.2) is 81.2 Å². The lowest BCUT2D eigenvalue weighted by molar-refractivity contribution is -0.136. The Kier molecular flexibility index (Phi) is 7.42. The van der Waals surface area contributed by atoms with Gasteiger partial charge < -0.3 is 19.6 Å². The number of aromatic nitrogens is 3. The summed E-state index contributed by atoms with van der Waals surface area (Å²) in [6.07, 6.45) is 5.55. The van der Waals surface area contributed by atoms with Gasteiger partial charge in [-0.2, -0.15) is 0 Å². The Morgan fingerprint density at radius 3 is 2.89 bits per heavy atom. The molecule has 1 aliphatic carbocycles. The zero-order chi connectivity index (χ0) is 20.1. The van der Waals surface area contributed by atoms with E-state index in [9.17, 15) is 9.90 Å². The van der Waals surface area contributed by atoms with Crippen molar-refractivity contribution in [2.75, 3.05) is 33.3 Å². The summed E-state index contributed by atoms with van der Waals surface area (Å²) in [5, 5.41) is 17.8. The number of likely N-dealkylation sites (N-methyl/N-ethyl adjacent to an activating group) is 1. The quantitative estimate of drug-likeness (QED) is 0.780. The van der Waals surface area contributed by atoms with Crippen LogP contribution < -0.4 is 0 Å². The van der Waals surface area contributed by atoms with Crippen LogP contribution in [0.15, 0.2) is 6.20 Å². The van der Waals surface area contributed by atoms with E-state index in [-0.39, 0.29) is 30.6 Å². The molecule has 3 atom stereocenters. The molecule has 1 aromatic rings. The number of aliphatic hydroxyl groups is 1. The van der Waals surface area contributed by atoms with Crippen LogP contribution in [0.25, 0.3) is 0 Å². The van der Waals surface area contributed by atoms with Crippen molar-refractivity contribution in [2.45, 2.75) is 64.8 Å². The number of amides is 1. The number of fused-ring (bicyclic) bond motifs is 1. The maximum Gasteiger partial charge on any atom is 0.222 e. The number of ether oxygens (including phenoxy) is 1. The number of carbonyl (C=O) groups is 1. The van der Waals surface area contributed by atoms with Crippen LogP contribution in [0.5, 0.6) is 0 Å². The fourth-order valence-corrected chi connectivity index (χ4v) is 3.87. The predicted molar refractivity (Wildman–Crippen MR) is 105 cm³/mol. The molecule has 8 heteroatoms. The van der Waals surface area contributed by atoms with Crippen molar-refractivity contribution in [3.05, 3.63) is 11.9 Å². The van der Waals surface area contributed by atoms with Gasteiger partial charge in [0.2, 0.25) is 5.91 Å². The molecule has 1 aliphatic heterocycles. The van der Waals surface area contributed by atoms with Gasteiger partial charge in [-0.3, -0.25) is 4.79 Å². The first-order valence-electron chi connectivity index (χ1n) is 10.6. The van der Waals surface area contributed by atoms with Crippen molar-refractivity contribution in [1.82, 2.24) is 24.8 Å². The molecule has 28 heavy (non-hydrogen) atoms. The van der Waals surface area contributed by atoms with E-state index >= 15 is 0 Å². The van der Waals surface area contributed by atoms with Crippen LogP contribution in [0.2, 0.25) is 0 Å². The summed E-state index contributed by atoms with van der Waals surface area (Å²) < 4.78 is 8.18. The number of aliphatic hydroxyl groups excluding tert-OH is 1. The first kappa shape index (κ1) is 21.2. The highest BCUT2D eigenvalue weighted by molar-refractivity contribution is 5.76. The molecule has 0 spiro atoms. The minimum Gasteiger partial charge on any atom is -0.394 e. The lowest BCUT2D eigenvalue weighted by atomic mass is 10.0. The molecule has 0 aromatic carbocycles. The Morgan fingerprint density at radius 1 is 1.39 bits per heavy atom. The van der Waals surface area contributed by atoms with Gasteiger partial charge >= 0.3 is 0 Å². The largest absolute Gasteiger partial charge is 0.394 e. The maximum absolute atomic E-state index is 12.8. The average molecular weight is 394 g/mol. The topological polar surface area (TPSA) is 83.7 Å². The number of rotatable bonds is 6. The van der Waals surface area contributed by atoms with Crippen LogP contribution in [0, 0.1) is 11.8 Å². The van der Waals surface area contributed by atoms with E-state index in [2.05, 4.69) is 29.2 Å². The summed E-state index contributed by atoms with van der Waals surface area (Å²) in [6, 6.07) is -0.190. The summed E-state index contributed by atoms with van der Waals surface area (Å²) in [4.78, 5) is 17.0. The van der Waals surface area contributed by atoms with Crippen molar-refractivity contribution in [3.8, 4) is 0 Å².